The average molecular weight is 321 g/mol. The van der Waals surface area contributed by atoms with Gasteiger partial charge in [0, 0.05) is 12.5 Å². The van der Waals surface area contributed by atoms with Crippen molar-refractivity contribution in [1.29, 1.82) is 0 Å². The van der Waals surface area contributed by atoms with Crippen molar-refractivity contribution in [2.24, 2.45) is 4.99 Å². The van der Waals surface area contributed by atoms with Crippen LogP contribution in [0.3, 0.4) is 0 Å². The monoisotopic (exact) mass is 321 g/mol. The van der Waals surface area contributed by atoms with Gasteiger partial charge in [-0.15, -0.1) is 0 Å². The van der Waals surface area contributed by atoms with Crippen LogP contribution in [0.2, 0.25) is 0 Å². The van der Waals surface area contributed by atoms with Crippen LogP contribution in [0.1, 0.15) is 23.6 Å². The Balaban J connectivity index is 1.92. The van der Waals surface area contributed by atoms with Crippen molar-refractivity contribution in [1.82, 2.24) is 0 Å². The summed E-state index contributed by atoms with van der Waals surface area (Å²) in [6, 6.07) is 14.4. The highest BCUT2D eigenvalue weighted by Gasteiger charge is 2.24. The number of nitrogens with zero attached hydrogens (tertiary/aromatic N) is 1. The summed E-state index contributed by atoms with van der Waals surface area (Å²) in [5.41, 5.74) is 2.65. The lowest BCUT2D eigenvalue weighted by molar-refractivity contribution is -0.132. The zero-order valence-corrected chi connectivity index (χ0v) is 13.3. The maximum atomic E-state index is 12.0. The van der Waals surface area contributed by atoms with Gasteiger partial charge in [0.1, 0.15) is 5.75 Å². The molecule has 120 valence electrons. The number of hydrogen-bond acceptors (Lipinski definition) is 5. The van der Waals surface area contributed by atoms with E-state index in [9.17, 15) is 9.59 Å². The molecule has 0 amide bonds. The summed E-state index contributed by atoms with van der Waals surface area (Å²) < 4.78 is 10.3. The van der Waals surface area contributed by atoms with Gasteiger partial charge in [-0.3, -0.25) is 4.79 Å². The molecule has 1 aliphatic heterocycles. The topological polar surface area (TPSA) is 65.0 Å². The van der Waals surface area contributed by atoms with Gasteiger partial charge in [0.2, 0.25) is 5.90 Å². The largest absolute Gasteiger partial charge is 0.427 e. The molecule has 0 aliphatic carbocycles. The highest BCUT2D eigenvalue weighted by atomic mass is 16.6. The Morgan fingerprint density at radius 3 is 2.71 bits per heavy atom. The van der Waals surface area contributed by atoms with Gasteiger partial charge in [0.05, 0.1) is 0 Å². The van der Waals surface area contributed by atoms with E-state index in [-0.39, 0.29) is 5.70 Å². The number of rotatable bonds is 3. The number of ether oxygens (including phenoxy) is 2. The first-order valence-corrected chi connectivity index (χ1v) is 7.40. The third-order valence-corrected chi connectivity index (χ3v) is 3.42. The van der Waals surface area contributed by atoms with E-state index in [4.69, 9.17) is 9.47 Å². The SMILES string of the molecule is CC(=O)Oc1cccc(/C=C2/N=C(c3ccccc3C)OC2=O)c1. The molecule has 0 N–H and O–H groups in total. The second-order valence-corrected chi connectivity index (χ2v) is 5.32. The fraction of sp³-hybridized carbons (Fsp3) is 0.105. The number of carbonyl (C=O) groups excluding carboxylic acids is 2. The van der Waals surface area contributed by atoms with Crippen molar-refractivity contribution in [3.63, 3.8) is 0 Å². The molecular formula is C19H15NO4. The summed E-state index contributed by atoms with van der Waals surface area (Å²) >= 11 is 0. The number of aryl methyl sites for hydroxylation is 1. The average Bonchev–Trinajstić information content (AvgIpc) is 2.88. The third-order valence-electron chi connectivity index (χ3n) is 3.42. The molecule has 24 heavy (non-hydrogen) atoms. The first-order chi connectivity index (χ1) is 11.5. The second-order valence-electron chi connectivity index (χ2n) is 5.32. The zero-order chi connectivity index (χ0) is 17.1. The molecule has 1 aliphatic rings. The van der Waals surface area contributed by atoms with Crippen LogP contribution in [0.5, 0.6) is 5.75 Å². The molecule has 0 saturated heterocycles. The van der Waals surface area contributed by atoms with Gasteiger partial charge in [-0.05, 0) is 42.3 Å². The number of cyclic esters (lactones) is 1. The van der Waals surface area contributed by atoms with Gasteiger partial charge >= 0.3 is 11.9 Å². The Hall–Kier alpha value is -3.21. The quantitative estimate of drug-likeness (QED) is 0.494. The maximum Gasteiger partial charge on any atom is 0.363 e. The van der Waals surface area contributed by atoms with Crippen LogP contribution in [0.25, 0.3) is 6.08 Å². The van der Waals surface area contributed by atoms with E-state index in [1.165, 1.54) is 6.92 Å². The minimum atomic E-state index is -0.508. The normalized spacial score (nSPS) is 15.2. The summed E-state index contributed by atoms with van der Waals surface area (Å²) in [4.78, 5) is 27.3. The fourth-order valence-corrected chi connectivity index (χ4v) is 2.33. The summed E-state index contributed by atoms with van der Waals surface area (Å²) in [6.45, 7) is 3.26. The van der Waals surface area contributed by atoms with E-state index in [1.54, 1.807) is 30.3 Å². The molecule has 1 heterocycles. The standard InChI is InChI=1S/C19H15NO4/c1-12-6-3-4-9-16(12)18-20-17(19(22)24-18)11-14-7-5-8-15(10-14)23-13(2)21/h3-11H,1-2H3/b17-11+. The summed E-state index contributed by atoms with van der Waals surface area (Å²) in [6.07, 6.45) is 1.60. The zero-order valence-electron chi connectivity index (χ0n) is 13.3. The minimum absolute atomic E-state index is 0.202. The predicted molar refractivity (Wildman–Crippen MR) is 89.5 cm³/mol. The summed E-state index contributed by atoms with van der Waals surface area (Å²) in [5, 5.41) is 0. The molecule has 0 spiro atoms. The highest BCUT2D eigenvalue weighted by Crippen LogP contribution is 2.22. The molecule has 5 nitrogen and oxygen atoms in total. The van der Waals surface area contributed by atoms with Crippen molar-refractivity contribution in [2.45, 2.75) is 13.8 Å². The van der Waals surface area contributed by atoms with Crippen LogP contribution in [-0.4, -0.2) is 17.8 Å². The minimum Gasteiger partial charge on any atom is -0.427 e. The Bertz CT molecular complexity index is 880. The summed E-state index contributed by atoms with van der Waals surface area (Å²) in [5.74, 6) is -0.210. The molecule has 0 atom stereocenters. The lowest BCUT2D eigenvalue weighted by Crippen LogP contribution is -2.06. The van der Waals surface area contributed by atoms with E-state index < -0.39 is 11.9 Å². The molecule has 0 fully saturated rings. The number of esters is 2. The van der Waals surface area contributed by atoms with Gasteiger partial charge in [-0.25, -0.2) is 9.79 Å². The van der Waals surface area contributed by atoms with Crippen LogP contribution < -0.4 is 4.74 Å². The fourth-order valence-electron chi connectivity index (χ4n) is 2.33. The lowest BCUT2D eigenvalue weighted by Gasteiger charge is -2.02. The molecular weight excluding hydrogens is 306 g/mol. The number of benzene rings is 2. The van der Waals surface area contributed by atoms with Gasteiger partial charge < -0.3 is 9.47 Å². The molecule has 5 heteroatoms. The van der Waals surface area contributed by atoms with Crippen LogP contribution in [-0.2, 0) is 14.3 Å². The van der Waals surface area contributed by atoms with Crippen molar-refractivity contribution in [3.05, 3.63) is 70.9 Å². The Labute approximate surface area is 139 Å². The number of aliphatic imine (C=N–C) groups is 1. The van der Waals surface area contributed by atoms with Crippen LogP contribution >= 0.6 is 0 Å². The Morgan fingerprint density at radius 1 is 1.17 bits per heavy atom. The van der Waals surface area contributed by atoms with E-state index >= 15 is 0 Å². The molecule has 0 bridgehead atoms. The smallest absolute Gasteiger partial charge is 0.363 e. The number of carbonyl (C=O) groups is 2. The number of hydrogen-bond donors (Lipinski definition) is 0. The predicted octanol–water partition coefficient (Wildman–Crippen LogP) is 3.26. The lowest BCUT2D eigenvalue weighted by atomic mass is 10.1. The van der Waals surface area contributed by atoms with E-state index in [1.807, 2.05) is 31.2 Å². The van der Waals surface area contributed by atoms with Crippen LogP contribution in [0.4, 0.5) is 0 Å². The molecule has 3 rings (SSSR count). The molecule has 0 saturated carbocycles. The van der Waals surface area contributed by atoms with E-state index in [0.717, 1.165) is 11.1 Å². The van der Waals surface area contributed by atoms with Crippen molar-refractivity contribution >= 4 is 23.9 Å². The van der Waals surface area contributed by atoms with Crippen molar-refractivity contribution in [3.8, 4) is 5.75 Å². The van der Waals surface area contributed by atoms with E-state index in [2.05, 4.69) is 4.99 Å². The van der Waals surface area contributed by atoms with Crippen molar-refractivity contribution < 1.29 is 19.1 Å². The molecule has 0 radical (unpaired) electrons. The second kappa shape index (κ2) is 6.50. The first kappa shape index (κ1) is 15.7. The van der Waals surface area contributed by atoms with Crippen LogP contribution in [0, 0.1) is 6.92 Å². The summed E-state index contributed by atoms with van der Waals surface area (Å²) in [7, 11) is 0. The molecule has 2 aromatic carbocycles. The van der Waals surface area contributed by atoms with Gasteiger partial charge in [0.25, 0.3) is 0 Å². The molecule has 0 unspecified atom stereocenters. The van der Waals surface area contributed by atoms with Gasteiger partial charge in [-0.2, -0.15) is 0 Å². The Morgan fingerprint density at radius 2 is 1.96 bits per heavy atom. The maximum absolute atomic E-state index is 12.0. The third kappa shape index (κ3) is 3.41. The molecule has 2 aromatic rings. The Kier molecular flexibility index (Phi) is 4.24. The molecule has 0 aromatic heterocycles. The van der Waals surface area contributed by atoms with Gasteiger partial charge in [-0.1, -0.05) is 30.3 Å². The highest BCUT2D eigenvalue weighted by molar-refractivity contribution is 6.13. The van der Waals surface area contributed by atoms with Crippen molar-refractivity contribution in [2.75, 3.05) is 0 Å². The first-order valence-electron chi connectivity index (χ1n) is 7.40. The van der Waals surface area contributed by atoms with Gasteiger partial charge in [0.15, 0.2) is 5.70 Å². The van der Waals surface area contributed by atoms with E-state index in [0.29, 0.717) is 17.2 Å². The van der Waals surface area contributed by atoms with Crippen LogP contribution in [0.15, 0.2) is 59.2 Å².